The maximum Gasteiger partial charge on any atom is 0.163 e. The molecule has 0 aromatic rings. The highest BCUT2D eigenvalue weighted by atomic mass is 16.3. The molecule has 0 fully saturated rings. The monoisotopic (exact) mass is 154 g/mol. The fourth-order valence-electron chi connectivity index (χ4n) is 1.36. The minimum Gasteiger partial charge on any atom is -0.392 e. The molecule has 62 valence electrons. The molecule has 11 heavy (non-hydrogen) atoms. The zero-order chi connectivity index (χ0) is 8.43. The molecule has 0 spiro atoms. The zero-order valence-electron chi connectivity index (χ0n) is 7.00. The summed E-state index contributed by atoms with van der Waals surface area (Å²) >= 11 is 0. The van der Waals surface area contributed by atoms with Crippen molar-refractivity contribution in [3.63, 3.8) is 0 Å². The Labute approximate surface area is 66.9 Å². The first-order valence-corrected chi connectivity index (χ1v) is 4.02. The predicted octanol–water partition coefficient (Wildman–Crippen LogP) is 1.29. The van der Waals surface area contributed by atoms with Crippen LogP contribution in [0.2, 0.25) is 0 Å². The predicted molar refractivity (Wildman–Crippen MR) is 43.2 cm³/mol. The highest BCUT2D eigenvalue weighted by molar-refractivity contribution is 5.96. The molecule has 0 aromatic heterocycles. The van der Waals surface area contributed by atoms with E-state index in [4.69, 9.17) is 0 Å². The molecule has 0 aliphatic heterocycles. The lowest BCUT2D eigenvalue weighted by Crippen LogP contribution is -2.24. The maximum absolute atomic E-state index is 11.3. The van der Waals surface area contributed by atoms with Crippen LogP contribution in [0.1, 0.15) is 26.7 Å². The molecule has 1 aliphatic rings. The van der Waals surface area contributed by atoms with E-state index in [1.807, 2.05) is 13.0 Å². The summed E-state index contributed by atoms with van der Waals surface area (Å²) in [7, 11) is 0. The molecule has 2 atom stereocenters. The third kappa shape index (κ3) is 1.69. The van der Waals surface area contributed by atoms with Crippen molar-refractivity contribution < 1.29 is 9.90 Å². The van der Waals surface area contributed by atoms with E-state index in [-0.39, 0.29) is 11.7 Å². The fraction of sp³-hybridized carbons (Fsp3) is 0.667. The summed E-state index contributed by atoms with van der Waals surface area (Å²) in [5.41, 5.74) is 0.800. The zero-order valence-corrected chi connectivity index (χ0v) is 7.00. The molecule has 0 aromatic carbocycles. The lowest BCUT2D eigenvalue weighted by molar-refractivity contribution is -0.121. The first-order chi connectivity index (χ1) is 5.13. The number of hydrogen-bond acceptors (Lipinski definition) is 2. The van der Waals surface area contributed by atoms with Gasteiger partial charge in [0, 0.05) is 5.92 Å². The van der Waals surface area contributed by atoms with E-state index in [1.165, 1.54) is 0 Å². The Kier molecular flexibility index (Phi) is 2.45. The van der Waals surface area contributed by atoms with Crippen LogP contribution in [0.15, 0.2) is 11.6 Å². The average Bonchev–Trinajstić information content (AvgIpc) is 2.07. The van der Waals surface area contributed by atoms with Gasteiger partial charge in [0.25, 0.3) is 0 Å². The number of aliphatic hydroxyl groups is 1. The maximum atomic E-state index is 11.3. The number of rotatable bonds is 0. The van der Waals surface area contributed by atoms with E-state index in [0.717, 1.165) is 12.0 Å². The highest BCUT2D eigenvalue weighted by Gasteiger charge is 2.24. The summed E-state index contributed by atoms with van der Waals surface area (Å²) in [5, 5.41) is 9.39. The molecule has 2 nitrogen and oxygen atoms in total. The van der Waals surface area contributed by atoms with Gasteiger partial charge in [-0.3, -0.25) is 4.79 Å². The largest absolute Gasteiger partial charge is 0.392 e. The summed E-state index contributed by atoms with van der Waals surface area (Å²) in [6.07, 6.45) is 3.00. The Morgan fingerprint density at radius 3 is 2.91 bits per heavy atom. The molecule has 0 amide bonds. The van der Waals surface area contributed by atoms with Crippen LogP contribution in [0, 0.1) is 5.92 Å². The van der Waals surface area contributed by atoms with Gasteiger partial charge < -0.3 is 5.11 Å². The van der Waals surface area contributed by atoms with Gasteiger partial charge in [-0.1, -0.05) is 13.0 Å². The molecule has 0 bridgehead atoms. The van der Waals surface area contributed by atoms with Crippen LogP contribution in [0.3, 0.4) is 0 Å². The molecule has 0 saturated carbocycles. The minimum atomic E-state index is -0.448. The standard InChI is InChI=1S/C9H14O2/c1-6-4-3-5-8(10)7(2)9(6)11/h4,7-8,10H,3,5H2,1-2H3/t7-,8+/m1/s1. The Hall–Kier alpha value is -0.630. The summed E-state index contributed by atoms with van der Waals surface area (Å²) in [4.78, 5) is 11.3. The molecule has 0 saturated heterocycles. The highest BCUT2D eigenvalue weighted by Crippen LogP contribution is 2.19. The Bertz CT molecular complexity index is 194. The van der Waals surface area contributed by atoms with Gasteiger partial charge in [-0.05, 0) is 25.3 Å². The Balaban J connectivity index is 2.79. The van der Waals surface area contributed by atoms with Crippen LogP contribution in [0.4, 0.5) is 0 Å². The van der Waals surface area contributed by atoms with Gasteiger partial charge in [0.15, 0.2) is 5.78 Å². The van der Waals surface area contributed by atoms with Gasteiger partial charge in [-0.25, -0.2) is 0 Å². The Morgan fingerprint density at radius 1 is 1.64 bits per heavy atom. The van der Waals surface area contributed by atoms with Crippen molar-refractivity contribution in [1.29, 1.82) is 0 Å². The summed E-state index contributed by atoms with van der Waals surface area (Å²) in [6, 6.07) is 0. The molecular formula is C9H14O2. The van der Waals surface area contributed by atoms with Crippen molar-refractivity contribution in [2.45, 2.75) is 32.8 Å². The van der Waals surface area contributed by atoms with Crippen molar-refractivity contribution >= 4 is 5.78 Å². The number of Topliss-reactive ketones (excluding diaryl/α,β-unsaturated/α-hetero) is 1. The van der Waals surface area contributed by atoms with Crippen molar-refractivity contribution in [1.82, 2.24) is 0 Å². The average molecular weight is 154 g/mol. The third-order valence-corrected chi connectivity index (χ3v) is 2.29. The van der Waals surface area contributed by atoms with Crippen molar-refractivity contribution in [3.05, 3.63) is 11.6 Å². The number of carbonyl (C=O) groups excluding carboxylic acids is 1. The van der Waals surface area contributed by atoms with Gasteiger partial charge in [0.05, 0.1) is 6.10 Å². The number of hydrogen-bond donors (Lipinski definition) is 1. The second kappa shape index (κ2) is 3.18. The lowest BCUT2D eigenvalue weighted by atomic mass is 9.96. The van der Waals surface area contributed by atoms with E-state index in [9.17, 15) is 9.90 Å². The van der Waals surface area contributed by atoms with E-state index in [2.05, 4.69) is 0 Å². The molecule has 1 rings (SSSR count). The number of allylic oxidation sites excluding steroid dienone is 2. The quantitative estimate of drug-likeness (QED) is 0.571. The van der Waals surface area contributed by atoms with Crippen LogP contribution < -0.4 is 0 Å². The second-order valence-electron chi connectivity index (χ2n) is 3.18. The fourth-order valence-corrected chi connectivity index (χ4v) is 1.36. The van der Waals surface area contributed by atoms with Gasteiger partial charge in [-0.15, -0.1) is 0 Å². The van der Waals surface area contributed by atoms with Crippen LogP contribution in [0.5, 0.6) is 0 Å². The normalized spacial score (nSPS) is 33.0. The third-order valence-electron chi connectivity index (χ3n) is 2.29. The van der Waals surface area contributed by atoms with Crippen LogP contribution >= 0.6 is 0 Å². The Morgan fingerprint density at radius 2 is 2.27 bits per heavy atom. The van der Waals surface area contributed by atoms with Crippen molar-refractivity contribution in [2.24, 2.45) is 5.92 Å². The minimum absolute atomic E-state index is 0.0926. The van der Waals surface area contributed by atoms with Gasteiger partial charge in [0.2, 0.25) is 0 Å². The van der Waals surface area contributed by atoms with Gasteiger partial charge >= 0.3 is 0 Å². The summed E-state index contributed by atoms with van der Waals surface area (Å²) in [5.74, 6) is -0.122. The van der Waals surface area contributed by atoms with Crippen molar-refractivity contribution in [2.75, 3.05) is 0 Å². The first kappa shape index (κ1) is 8.47. The molecule has 0 unspecified atom stereocenters. The first-order valence-electron chi connectivity index (χ1n) is 4.02. The molecule has 0 radical (unpaired) electrons. The van der Waals surface area contributed by atoms with Crippen LogP contribution in [-0.2, 0) is 4.79 Å². The van der Waals surface area contributed by atoms with Crippen LogP contribution in [0.25, 0.3) is 0 Å². The number of aliphatic hydroxyl groups excluding tert-OH is 1. The molecule has 1 N–H and O–H groups in total. The molecular weight excluding hydrogens is 140 g/mol. The number of ketones is 1. The van der Waals surface area contributed by atoms with E-state index in [0.29, 0.717) is 6.42 Å². The summed E-state index contributed by atoms with van der Waals surface area (Å²) in [6.45, 7) is 3.60. The van der Waals surface area contributed by atoms with E-state index < -0.39 is 6.10 Å². The lowest BCUT2D eigenvalue weighted by Gasteiger charge is -2.13. The van der Waals surface area contributed by atoms with Gasteiger partial charge in [-0.2, -0.15) is 0 Å². The topological polar surface area (TPSA) is 37.3 Å². The van der Waals surface area contributed by atoms with Gasteiger partial charge in [0.1, 0.15) is 0 Å². The summed E-state index contributed by atoms with van der Waals surface area (Å²) < 4.78 is 0. The number of carbonyl (C=O) groups is 1. The van der Waals surface area contributed by atoms with E-state index >= 15 is 0 Å². The van der Waals surface area contributed by atoms with Crippen LogP contribution in [-0.4, -0.2) is 17.0 Å². The molecule has 1 aliphatic carbocycles. The second-order valence-corrected chi connectivity index (χ2v) is 3.18. The molecule has 0 heterocycles. The SMILES string of the molecule is CC1=CCC[C@H](O)[C@@H](C)C1=O. The van der Waals surface area contributed by atoms with E-state index in [1.54, 1.807) is 6.92 Å². The van der Waals surface area contributed by atoms with Crippen molar-refractivity contribution in [3.8, 4) is 0 Å². The molecule has 2 heteroatoms. The smallest absolute Gasteiger partial charge is 0.163 e.